The monoisotopic (exact) mass is 163 g/mol. The van der Waals surface area contributed by atoms with Crippen molar-refractivity contribution in [1.82, 2.24) is 15.2 Å². The highest BCUT2D eigenvalue weighted by atomic mass is 19.1. The van der Waals surface area contributed by atoms with Gasteiger partial charge in [0.2, 0.25) is 0 Å². The fourth-order valence-corrected chi connectivity index (χ4v) is 0.978. The molecule has 0 aromatic carbocycles. The first-order chi connectivity index (χ1) is 5.88. The number of rotatable bonds is 1. The minimum atomic E-state index is -0.334. The van der Waals surface area contributed by atoms with Crippen molar-refractivity contribution in [3.63, 3.8) is 0 Å². The Labute approximate surface area is 68.3 Å². The Morgan fingerprint density at radius 2 is 2.33 bits per heavy atom. The fourth-order valence-electron chi connectivity index (χ4n) is 0.978. The zero-order chi connectivity index (χ0) is 8.39. The standard InChI is InChI=1S/C8H6FN3/c9-7-2-1-3-10-8(7)6-4-11-12-5-6/h1-5H,(H,11,12). The molecule has 2 aromatic rings. The van der Waals surface area contributed by atoms with E-state index in [0.29, 0.717) is 11.3 Å². The van der Waals surface area contributed by atoms with Crippen molar-refractivity contribution in [1.29, 1.82) is 0 Å². The van der Waals surface area contributed by atoms with Gasteiger partial charge in [0.05, 0.1) is 6.20 Å². The number of aromatic amines is 1. The molecule has 2 aromatic heterocycles. The molecule has 0 saturated heterocycles. The number of hydrogen-bond acceptors (Lipinski definition) is 2. The predicted molar refractivity (Wildman–Crippen MR) is 41.8 cm³/mol. The van der Waals surface area contributed by atoms with E-state index in [4.69, 9.17) is 0 Å². The molecular weight excluding hydrogens is 157 g/mol. The van der Waals surface area contributed by atoms with Crippen LogP contribution in [0.4, 0.5) is 4.39 Å². The number of H-pyrrole nitrogens is 1. The maximum absolute atomic E-state index is 13.0. The van der Waals surface area contributed by atoms with Crippen molar-refractivity contribution in [3.8, 4) is 11.3 Å². The number of nitrogens with one attached hydrogen (secondary N) is 1. The number of halogens is 1. The maximum Gasteiger partial charge on any atom is 0.149 e. The molecule has 0 aliphatic carbocycles. The molecule has 0 radical (unpaired) electrons. The molecule has 2 heterocycles. The molecule has 4 heteroatoms. The zero-order valence-corrected chi connectivity index (χ0v) is 6.16. The van der Waals surface area contributed by atoms with E-state index in [9.17, 15) is 4.39 Å². The van der Waals surface area contributed by atoms with Gasteiger partial charge in [0.15, 0.2) is 0 Å². The van der Waals surface area contributed by atoms with Gasteiger partial charge in [-0.1, -0.05) is 0 Å². The molecule has 0 spiro atoms. The van der Waals surface area contributed by atoms with Crippen LogP contribution < -0.4 is 0 Å². The Morgan fingerprint density at radius 3 is 3.00 bits per heavy atom. The molecule has 3 nitrogen and oxygen atoms in total. The second kappa shape index (κ2) is 2.73. The molecule has 0 unspecified atom stereocenters. The lowest BCUT2D eigenvalue weighted by atomic mass is 10.2. The van der Waals surface area contributed by atoms with E-state index < -0.39 is 0 Å². The minimum absolute atomic E-state index is 0.325. The molecule has 0 bridgehead atoms. The molecule has 0 fully saturated rings. The van der Waals surface area contributed by atoms with Gasteiger partial charge in [-0.3, -0.25) is 10.1 Å². The summed E-state index contributed by atoms with van der Waals surface area (Å²) in [5.41, 5.74) is 0.986. The van der Waals surface area contributed by atoms with Crippen LogP contribution in [0.5, 0.6) is 0 Å². The van der Waals surface area contributed by atoms with Crippen molar-refractivity contribution in [2.24, 2.45) is 0 Å². The first-order valence-electron chi connectivity index (χ1n) is 3.47. The van der Waals surface area contributed by atoms with E-state index in [0.717, 1.165) is 0 Å². The van der Waals surface area contributed by atoms with Crippen molar-refractivity contribution in [2.45, 2.75) is 0 Å². The van der Waals surface area contributed by atoms with Gasteiger partial charge in [0.25, 0.3) is 0 Å². The Hall–Kier alpha value is -1.71. The molecule has 0 amide bonds. The molecule has 2 rings (SSSR count). The van der Waals surface area contributed by atoms with Gasteiger partial charge in [-0.05, 0) is 12.1 Å². The summed E-state index contributed by atoms with van der Waals surface area (Å²) in [4.78, 5) is 3.89. The Bertz CT molecular complexity index is 370. The molecule has 0 aliphatic rings. The number of hydrogen-bond donors (Lipinski definition) is 1. The SMILES string of the molecule is Fc1cccnc1-c1cn[nH]c1. The average Bonchev–Trinajstić information content (AvgIpc) is 2.57. The van der Waals surface area contributed by atoms with Crippen LogP contribution in [0.15, 0.2) is 30.7 Å². The van der Waals surface area contributed by atoms with Crippen LogP contribution in [0.1, 0.15) is 0 Å². The first kappa shape index (κ1) is 6.97. The van der Waals surface area contributed by atoms with Gasteiger partial charge in [0, 0.05) is 18.0 Å². The van der Waals surface area contributed by atoms with Crippen LogP contribution in [0, 0.1) is 5.82 Å². The van der Waals surface area contributed by atoms with Gasteiger partial charge in [-0.2, -0.15) is 5.10 Å². The molecule has 0 aliphatic heterocycles. The lowest BCUT2D eigenvalue weighted by molar-refractivity contribution is 0.626. The van der Waals surface area contributed by atoms with Gasteiger partial charge >= 0.3 is 0 Å². The quantitative estimate of drug-likeness (QED) is 0.693. The lowest BCUT2D eigenvalue weighted by Gasteiger charge is -1.95. The highest BCUT2D eigenvalue weighted by Crippen LogP contribution is 2.17. The Morgan fingerprint density at radius 1 is 1.42 bits per heavy atom. The largest absolute Gasteiger partial charge is 0.285 e. The summed E-state index contributed by atoms with van der Waals surface area (Å²) < 4.78 is 13.0. The molecule has 0 saturated carbocycles. The average molecular weight is 163 g/mol. The minimum Gasteiger partial charge on any atom is -0.285 e. The third-order valence-electron chi connectivity index (χ3n) is 1.53. The van der Waals surface area contributed by atoms with Crippen molar-refractivity contribution < 1.29 is 4.39 Å². The van der Waals surface area contributed by atoms with Crippen molar-refractivity contribution in [3.05, 3.63) is 36.5 Å². The van der Waals surface area contributed by atoms with Crippen molar-refractivity contribution >= 4 is 0 Å². The summed E-state index contributed by atoms with van der Waals surface area (Å²) in [6, 6.07) is 2.92. The summed E-state index contributed by atoms with van der Waals surface area (Å²) in [6.45, 7) is 0. The second-order valence-electron chi connectivity index (χ2n) is 2.32. The van der Waals surface area contributed by atoms with Crippen LogP contribution in [-0.4, -0.2) is 15.2 Å². The van der Waals surface area contributed by atoms with Crippen LogP contribution in [0.2, 0.25) is 0 Å². The number of nitrogens with zero attached hydrogens (tertiary/aromatic N) is 2. The van der Waals surface area contributed by atoms with Crippen LogP contribution in [-0.2, 0) is 0 Å². The zero-order valence-electron chi connectivity index (χ0n) is 6.16. The third kappa shape index (κ3) is 1.07. The molecular formula is C8H6FN3. The lowest BCUT2D eigenvalue weighted by Crippen LogP contribution is -1.85. The van der Waals surface area contributed by atoms with Gasteiger partial charge in [0.1, 0.15) is 11.5 Å². The topological polar surface area (TPSA) is 41.6 Å². The molecule has 0 atom stereocenters. The third-order valence-corrected chi connectivity index (χ3v) is 1.53. The van der Waals surface area contributed by atoms with E-state index in [2.05, 4.69) is 15.2 Å². The Kier molecular flexibility index (Phi) is 1.59. The van der Waals surface area contributed by atoms with Crippen LogP contribution in [0.3, 0.4) is 0 Å². The summed E-state index contributed by atoms with van der Waals surface area (Å²) >= 11 is 0. The molecule has 1 N–H and O–H groups in total. The summed E-state index contributed by atoms with van der Waals surface area (Å²) in [7, 11) is 0. The van der Waals surface area contributed by atoms with Crippen LogP contribution in [0.25, 0.3) is 11.3 Å². The van der Waals surface area contributed by atoms with E-state index >= 15 is 0 Å². The molecule has 60 valence electrons. The smallest absolute Gasteiger partial charge is 0.149 e. The normalized spacial score (nSPS) is 10.1. The molecule has 12 heavy (non-hydrogen) atoms. The maximum atomic E-state index is 13.0. The fraction of sp³-hybridized carbons (Fsp3) is 0. The first-order valence-corrected chi connectivity index (χ1v) is 3.47. The second-order valence-corrected chi connectivity index (χ2v) is 2.32. The highest BCUT2D eigenvalue weighted by molar-refractivity contribution is 5.56. The van der Waals surface area contributed by atoms with E-state index in [1.54, 1.807) is 18.5 Å². The summed E-state index contributed by atoms with van der Waals surface area (Å²) in [6.07, 6.45) is 4.68. The van der Waals surface area contributed by atoms with Gasteiger partial charge in [-0.15, -0.1) is 0 Å². The van der Waals surface area contributed by atoms with Crippen molar-refractivity contribution in [2.75, 3.05) is 0 Å². The number of aromatic nitrogens is 3. The number of pyridine rings is 1. The van der Waals surface area contributed by atoms with Gasteiger partial charge in [-0.25, -0.2) is 4.39 Å². The van der Waals surface area contributed by atoms with E-state index in [1.807, 2.05) is 0 Å². The summed E-state index contributed by atoms with van der Waals surface area (Å²) in [5.74, 6) is -0.334. The van der Waals surface area contributed by atoms with Crippen LogP contribution >= 0.6 is 0 Å². The summed E-state index contributed by atoms with van der Waals surface area (Å²) in [5, 5.41) is 6.31. The Balaban J connectivity index is 2.55. The van der Waals surface area contributed by atoms with Gasteiger partial charge < -0.3 is 0 Å². The van der Waals surface area contributed by atoms with E-state index in [-0.39, 0.29) is 5.82 Å². The predicted octanol–water partition coefficient (Wildman–Crippen LogP) is 1.61. The highest BCUT2D eigenvalue weighted by Gasteiger charge is 2.05. The van der Waals surface area contributed by atoms with E-state index in [1.165, 1.54) is 12.3 Å².